The minimum Gasteiger partial charge on any atom is -0.489 e. The molecule has 0 spiro atoms. The van der Waals surface area contributed by atoms with Gasteiger partial charge < -0.3 is 24.8 Å². The molecule has 1 aromatic carbocycles. The molecule has 1 aliphatic rings. The molecule has 0 aromatic heterocycles. The maximum absolute atomic E-state index is 12.4. The van der Waals surface area contributed by atoms with Gasteiger partial charge in [-0.15, -0.1) is 6.42 Å². The van der Waals surface area contributed by atoms with Crippen molar-refractivity contribution in [2.45, 2.75) is 45.3 Å². The van der Waals surface area contributed by atoms with Gasteiger partial charge >= 0.3 is 12.1 Å². The summed E-state index contributed by atoms with van der Waals surface area (Å²) >= 11 is 6.16. The largest absolute Gasteiger partial charge is 0.489 e. The first-order valence-corrected chi connectivity index (χ1v) is 9.26. The molecule has 0 bridgehead atoms. The van der Waals surface area contributed by atoms with Crippen LogP contribution in [0.4, 0.5) is 10.5 Å². The lowest BCUT2D eigenvalue weighted by Gasteiger charge is -2.28. The predicted octanol–water partition coefficient (Wildman–Crippen LogP) is 3.47. The third-order valence-corrected chi connectivity index (χ3v) is 4.64. The molecule has 0 radical (unpaired) electrons. The molecule has 1 heterocycles. The molecule has 7 nitrogen and oxygen atoms in total. The van der Waals surface area contributed by atoms with Crippen LogP contribution in [0.3, 0.4) is 0 Å². The maximum atomic E-state index is 12.4. The predicted molar refractivity (Wildman–Crippen MR) is 107 cm³/mol. The number of ether oxygens (including phenoxy) is 3. The Balaban J connectivity index is 2.21. The van der Waals surface area contributed by atoms with Crippen molar-refractivity contribution < 1.29 is 23.8 Å². The Morgan fingerprint density at radius 3 is 2.68 bits per heavy atom. The molecular formula is C20H25ClN2O5. The van der Waals surface area contributed by atoms with Gasteiger partial charge in [-0.3, -0.25) is 0 Å². The highest BCUT2D eigenvalue weighted by atomic mass is 35.5. The van der Waals surface area contributed by atoms with Crippen molar-refractivity contribution in [1.82, 2.24) is 4.90 Å². The normalized spacial score (nSPS) is 16.4. The van der Waals surface area contributed by atoms with Crippen molar-refractivity contribution in [2.24, 2.45) is 0 Å². The topological polar surface area (TPSA) is 91.1 Å². The molecule has 1 aromatic rings. The molecule has 8 heteroatoms. The van der Waals surface area contributed by atoms with E-state index < -0.39 is 11.6 Å². The number of methoxy groups -OCH3 is 1. The van der Waals surface area contributed by atoms with E-state index in [0.717, 1.165) is 12.8 Å². The van der Waals surface area contributed by atoms with Gasteiger partial charge in [0, 0.05) is 6.54 Å². The minimum atomic E-state index is -0.650. The van der Waals surface area contributed by atoms with E-state index >= 15 is 0 Å². The van der Waals surface area contributed by atoms with Gasteiger partial charge in [0.2, 0.25) is 0 Å². The molecule has 2 N–H and O–H groups in total. The van der Waals surface area contributed by atoms with Crippen molar-refractivity contribution in [3.63, 3.8) is 0 Å². The smallest absolute Gasteiger partial charge is 0.410 e. The molecule has 0 saturated carbocycles. The van der Waals surface area contributed by atoms with E-state index in [1.807, 2.05) is 20.8 Å². The highest BCUT2D eigenvalue weighted by molar-refractivity contribution is 6.35. The molecule has 1 aliphatic heterocycles. The van der Waals surface area contributed by atoms with E-state index in [1.165, 1.54) is 13.2 Å². The van der Waals surface area contributed by atoms with Gasteiger partial charge in [-0.05, 0) is 39.7 Å². The zero-order valence-electron chi connectivity index (χ0n) is 16.5. The van der Waals surface area contributed by atoms with Crippen molar-refractivity contribution in [1.29, 1.82) is 0 Å². The number of carbonyl (C=O) groups excluding carboxylic acids is 2. The van der Waals surface area contributed by atoms with Gasteiger partial charge in [0.1, 0.15) is 18.0 Å². The van der Waals surface area contributed by atoms with E-state index in [0.29, 0.717) is 6.54 Å². The highest BCUT2D eigenvalue weighted by Crippen LogP contribution is 2.35. The number of halogens is 1. The molecule has 1 unspecified atom stereocenters. The van der Waals surface area contributed by atoms with E-state index in [1.54, 1.807) is 4.90 Å². The molecule has 1 fully saturated rings. The monoisotopic (exact) mass is 408 g/mol. The summed E-state index contributed by atoms with van der Waals surface area (Å²) in [6.07, 6.45) is 6.69. The Labute approximate surface area is 170 Å². The number of terminal acetylenes is 1. The van der Waals surface area contributed by atoms with Gasteiger partial charge in [0.25, 0.3) is 0 Å². The average Bonchev–Trinajstić information content (AvgIpc) is 3.08. The van der Waals surface area contributed by atoms with Crippen LogP contribution in [-0.2, 0) is 9.47 Å². The second-order valence-corrected chi connectivity index (χ2v) is 7.82. The number of hydrogen-bond donors (Lipinski definition) is 1. The van der Waals surface area contributed by atoms with Crippen LogP contribution < -0.4 is 10.5 Å². The third kappa shape index (κ3) is 4.82. The first-order valence-electron chi connectivity index (χ1n) is 8.88. The fraction of sp³-hybridized carbons (Fsp3) is 0.500. The van der Waals surface area contributed by atoms with Crippen LogP contribution in [0.2, 0.25) is 5.02 Å². The second-order valence-electron chi connectivity index (χ2n) is 7.44. The number of amides is 1. The van der Waals surface area contributed by atoms with Crippen molar-refractivity contribution in [3.8, 4) is 18.1 Å². The number of anilines is 1. The van der Waals surface area contributed by atoms with Crippen molar-refractivity contribution in [2.75, 3.05) is 26.0 Å². The number of carbonyl (C=O) groups is 2. The zero-order valence-corrected chi connectivity index (χ0v) is 17.3. The summed E-state index contributed by atoms with van der Waals surface area (Å²) in [7, 11) is 1.24. The Bertz CT molecular complexity index is 810. The number of rotatable bonds is 4. The van der Waals surface area contributed by atoms with Gasteiger partial charge in [-0.1, -0.05) is 17.5 Å². The van der Waals surface area contributed by atoms with Crippen molar-refractivity contribution in [3.05, 3.63) is 22.2 Å². The Hall–Kier alpha value is -2.59. The lowest BCUT2D eigenvalue weighted by Crippen LogP contribution is -2.42. The summed E-state index contributed by atoms with van der Waals surface area (Å²) in [5.41, 5.74) is 5.86. The maximum Gasteiger partial charge on any atom is 0.410 e. The number of hydrogen-bond acceptors (Lipinski definition) is 6. The molecule has 28 heavy (non-hydrogen) atoms. The standard InChI is InChI=1S/C20H25ClN2O5/c1-6-13-16(21)14(18(24)26-5)10-15(17(13)22)27-11-12-8-7-9-23(12)19(25)28-20(2,3)4/h1,10,12H,7-9,11,22H2,2-5H3. The van der Waals surface area contributed by atoms with Gasteiger partial charge in [-0.25, -0.2) is 9.59 Å². The molecule has 1 amide bonds. The Morgan fingerprint density at radius 2 is 2.11 bits per heavy atom. The van der Waals surface area contributed by atoms with Crippen LogP contribution in [0.15, 0.2) is 6.07 Å². The Morgan fingerprint density at radius 1 is 1.43 bits per heavy atom. The molecule has 0 aliphatic carbocycles. The van der Waals surface area contributed by atoms with Gasteiger partial charge in [0.05, 0.1) is 35.0 Å². The van der Waals surface area contributed by atoms with Crippen LogP contribution in [0.1, 0.15) is 49.5 Å². The minimum absolute atomic E-state index is 0.0375. The SMILES string of the molecule is C#Cc1c(N)c(OCC2CCCN2C(=O)OC(C)(C)C)cc(C(=O)OC)c1Cl. The van der Waals surface area contributed by atoms with E-state index in [-0.39, 0.29) is 46.3 Å². The van der Waals surface area contributed by atoms with E-state index in [4.69, 9.17) is 38.0 Å². The molecule has 152 valence electrons. The number of nitrogen functional groups attached to an aromatic ring is 1. The summed E-state index contributed by atoms with van der Waals surface area (Å²) in [5.74, 6) is 1.94. The molecular weight excluding hydrogens is 384 g/mol. The Kier molecular flexibility index (Phi) is 6.68. The lowest BCUT2D eigenvalue weighted by molar-refractivity contribution is 0.0188. The summed E-state index contributed by atoms with van der Waals surface area (Å²) in [6.45, 7) is 6.21. The molecule has 1 atom stereocenters. The van der Waals surface area contributed by atoms with Crippen LogP contribution in [-0.4, -0.2) is 48.9 Å². The second kappa shape index (κ2) is 8.61. The van der Waals surface area contributed by atoms with Gasteiger partial charge in [-0.2, -0.15) is 0 Å². The van der Waals surface area contributed by atoms with Crippen molar-refractivity contribution >= 4 is 29.4 Å². The fourth-order valence-corrected chi connectivity index (χ4v) is 3.21. The van der Waals surface area contributed by atoms with Crippen LogP contribution in [0.5, 0.6) is 5.75 Å². The third-order valence-electron chi connectivity index (χ3n) is 4.25. The number of likely N-dealkylation sites (tertiary alicyclic amines) is 1. The summed E-state index contributed by atoms with van der Waals surface area (Å²) in [5, 5.41) is 0.0375. The number of benzene rings is 1. The summed E-state index contributed by atoms with van der Waals surface area (Å²) < 4.78 is 16.0. The number of nitrogens with zero attached hydrogens (tertiary/aromatic N) is 1. The highest BCUT2D eigenvalue weighted by Gasteiger charge is 2.33. The molecule has 2 rings (SSSR count). The first kappa shape index (κ1) is 21.7. The fourth-order valence-electron chi connectivity index (χ4n) is 2.92. The quantitative estimate of drug-likeness (QED) is 0.466. The van der Waals surface area contributed by atoms with E-state index in [9.17, 15) is 9.59 Å². The summed E-state index contributed by atoms with van der Waals surface area (Å²) in [6, 6.07) is 1.22. The molecule has 1 saturated heterocycles. The zero-order chi connectivity index (χ0) is 21.1. The van der Waals surface area contributed by atoms with Gasteiger partial charge in [0.15, 0.2) is 0 Å². The van der Waals surface area contributed by atoms with Crippen LogP contribution in [0, 0.1) is 12.3 Å². The average molecular weight is 409 g/mol. The lowest BCUT2D eigenvalue weighted by atomic mass is 10.1. The number of nitrogens with two attached hydrogens (primary N) is 1. The summed E-state index contributed by atoms with van der Waals surface area (Å²) in [4.78, 5) is 26.0. The first-order chi connectivity index (χ1) is 13.1. The van der Waals surface area contributed by atoms with Crippen LogP contribution in [0.25, 0.3) is 0 Å². The van der Waals surface area contributed by atoms with Crippen LogP contribution >= 0.6 is 11.6 Å². The number of esters is 1. The van der Waals surface area contributed by atoms with E-state index in [2.05, 4.69) is 5.92 Å².